The summed E-state index contributed by atoms with van der Waals surface area (Å²) >= 11 is 0. The fourth-order valence-electron chi connectivity index (χ4n) is 2.76. The number of carbonyl (C=O) groups is 2. The second-order valence-corrected chi connectivity index (χ2v) is 8.02. The van der Waals surface area contributed by atoms with Crippen molar-refractivity contribution in [3.05, 3.63) is 53.7 Å². The van der Waals surface area contributed by atoms with E-state index in [-0.39, 0.29) is 23.9 Å². The van der Waals surface area contributed by atoms with Crippen LogP contribution in [0.2, 0.25) is 0 Å². The lowest BCUT2D eigenvalue weighted by Crippen LogP contribution is -2.36. The summed E-state index contributed by atoms with van der Waals surface area (Å²) in [4.78, 5) is 24.0. The minimum Gasteiger partial charge on any atom is -0.344 e. The predicted molar refractivity (Wildman–Crippen MR) is 96.5 cm³/mol. The molecule has 0 unspecified atom stereocenters. The first-order chi connectivity index (χ1) is 12.3. The lowest BCUT2D eigenvalue weighted by atomic mass is 10.2. The summed E-state index contributed by atoms with van der Waals surface area (Å²) in [5.41, 5.74) is 2.39. The zero-order valence-corrected chi connectivity index (χ0v) is 15.0. The number of aromatic nitrogens is 2. The molecule has 9 heteroatoms. The molecule has 26 heavy (non-hydrogen) atoms. The Morgan fingerprint density at radius 3 is 2.69 bits per heavy atom. The molecule has 2 N–H and O–H groups in total. The number of para-hydroxylation sites is 1. The molecule has 0 aliphatic carbocycles. The first-order valence-electron chi connectivity index (χ1n) is 7.89. The van der Waals surface area contributed by atoms with Crippen LogP contribution in [0.1, 0.15) is 16.8 Å². The highest BCUT2D eigenvalue weighted by atomic mass is 32.2. The number of sulfone groups is 1. The molecular formula is C17H18N4O4S. The number of nitrogens with zero attached hydrogens (tertiary/aromatic N) is 2. The standard InChI is InChI=1S/C17H18N4O4S/c1-3-8-18-16(22)17(23)19-15-12-9-26(24,25)10-13(12)20-21(15)14-7-5-4-6-11(14)2/h3-7H,1,8-10H2,2H3,(H,18,22)(H,19,23). The Hall–Kier alpha value is -2.94. The first-order valence-corrected chi connectivity index (χ1v) is 9.72. The number of carbonyl (C=O) groups excluding carboxylic acids is 2. The molecule has 0 radical (unpaired) electrons. The monoisotopic (exact) mass is 374 g/mol. The molecule has 1 aromatic heterocycles. The van der Waals surface area contributed by atoms with E-state index in [9.17, 15) is 18.0 Å². The average molecular weight is 374 g/mol. The quantitative estimate of drug-likeness (QED) is 0.609. The second-order valence-electron chi connectivity index (χ2n) is 5.96. The van der Waals surface area contributed by atoms with Crippen LogP contribution in [-0.4, -0.2) is 36.6 Å². The lowest BCUT2D eigenvalue weighted by Gasteiger charge is -2.12. The molecule has 2 amide bonds. The summed E-state index contributed by atoms with van der Waals surface area (Å²) in [5, 5.41) is 9.26. The van der Waals surface area contributed by atoms with Crippen LogP contribution in [-0.2, 0) is 30.9 Å². The summed E-state index contributed by atoms with van der Waals surface area (Å²) in [6.07, 6.45) is 1.45. The van der Waals surface area contributed by atoms with Crippen molar-refractivity contribution in [2.24, 2.45) is 0 Å². The lowest BCUT2D eigenvalue weighted by molar-refractivity contribution is -0.136. The van der Waals surface area contributed by atoms with E-state index in [1.165, 1.54) is 10.8 Å². The van der Waals surface area contributed by atoms with Gasteiger partial charge in [0.05, 0.1) is 22.9 Å². The van der Waals surface area contributed by atoms with Gasteiger partial charge in [0.15, 0.2) is 9.84 Å². The molecule has 1 aromatic carbocycles. The average Bonchev–Trinajstić information content (AvgIpc) is 3.05. The van der Waals surface area contributed by atoms with E-state index in [4.69, 9.17) is 0 Å². The second kappa shape index (κ2) is 6.75. The summed E-state index contributed by atoms with van der Waals surface area (Å²) in [7, 11) is -3.30. The van der Waals surface area contributed by atoms with Gasteiger partial charge in [-0.1, -0.05) is 24.3 Å². The van der Waals surface area contributed by atoms with Gasteiger partial charge in [-0.15, -0.1) is 6.58 Å². The molecular weight excluding hydrogens is 356 g/mol. The number of fused-ring (bicyclic) bond motifs is 1. The molecule has 3 rings (SSSR count). The molecule has 0 fully saturated rings. The Kier molecular flexibility index (Phi) is 4.64. The number of amides is 2. The topological polar surface area (TPSA) is 110 Å². The summed E-state index contributed by atoms with van der Waals surface area (Å²) < 4.78 is 25.3. The van der Waals surface area contributed by atoms with Crippen LogP contribution < -0.4 is 10.6 Å². The Balaban J connectivity index is 2.02. The largest absolute Gasteiger partial charge is 0.344 e. The number of benzene rings is 1. The van der Waals surface area contributed by atoms with Gasteiger partial charge in [0, 0.05) is 12.1 Å². The number of nitrogens with one attached hydrogen (secondary N) is 2. The van der Waals surface area contributed by atoms with Gasteiger partial charge in [0.2, 0.25) is 0 Å². The maximum Gasteiger partial charge on any atom is 0.314 e. The Labute approximate surface area is 150 Å². The van der Waals surface area contributed by atoms with E-state index < -0.39 is 21.7 Å². The van der Waals surface area contributed by atoms with Gasteiger partial charge < -0.3 is 10.6 Å². The molecule has 8 nitrogen and oxygen atoms in total. The van der Waals surface area contributed by atoms with Crippen molar-refractivity contribution in [3.8, 4) is 5.69 Å². The van der Waals surface area contributed by atoms with Crippen LogP contribution in [0.4, 0.5) is 5.82 Å². The van der Waals surface area contributed by atoms with E-state index >= 15 is 0 Å². The van der Waals surface area contributed by atoms with Gasteiger partial charge in [-0.2, -0.15) is 5.10 Å². The Morgan fingerprint density at radius 1 is 1.27 bits per heavy atom. The van der Waals surface area contributed by atoms with Crippen molar-refractivity contribution < 1.29 is 18.0 Å². The third kappa shape index (κ3) is 3.38. The maximum absolute atomic E-state index is 12.2. The van der Waals surface area contributed by atoms with Crippen LogP contribution in [0, 0.1) is 6.92 Å². The summed E-state index contributed by atoms with van der Waals surface area (Å²) in [5.74, 6) is -1.94. The summed E-state index contributed by atoms with van der Waals surface area (Å²) in [6.45, 7) is 5.49. The van der Waals surface area contributed by atoms with Gasteiger partial charge >= 0.3 is 11.8 Å². The highest BCUT2D eigenvalue weighted by Crippen LogP contribution is 2.33. The molecule has 0 atom stereocenters. The minimum atomic E-state index is -3.30. The highest BCUT2D eigenvalue weighted by molar-refractivity contribution is 7.90. The fraction of sp³-hybridized carbons (Fsp3) is 0.235. The first kappa shape index (κ1) is 17.9. The zero-order valence-electron chi connectivity index (χ0n) is 14.2. The highest BCUT2D eigenvalue weighted by Gasteiger charge is 2.34. The van der Waals surface area contributed by atoms with Crippen molar-refractivity contribution in [3.63, 3.8) is 0 Å². The Morgan fingerprint density at radius 2 is 2.00 bits per heavy atom. The predicted octanol–water partition coefficient (Wildman–Crippen LogP) is 0.850. The number of aryl methyl sites for hydroxylation is 1. The molecule has 0 bridgehead atoms. The van der Waals surface area contributed by atoms with Gasteiger partial charge in [-0.05, 0) is 18.6 Å². The SMILES string of the molecule is C=CCNC(=O)C(=O)Nc1c2c(nn1-c1ccccc1C)CS(=O)(=O)C2. The number of anilines is 1. The zero-order chi connectivity index (χ0) is 18.9. The van der Waals surface area contributed by atoms with Crippen LogP contribution in [0.15, 0.2) is 36.9 Å². The van der Waals surface area contributed by atoms with Crippen molar-refractivity contribution in [2.75, 3.05) is 11.9 Å². The molecule has 0 spiro atoms. The molecule has 136 valence electrons. The van der Waals surface area contributed by atoms with Crippen molar-refractivity contribution in [1.29, 1.82) is 0 Å². The smallest absolute Gasteiger partial charge is 0.314 e. The third-order valence-electron chi connectivity index (χ3n) is 3.98. The van der Waals surface area contributed by atoms with Crippen molar-refractivity contribution >= 4 is 27.5 Å². The van der Waals surface area contributed by atoms with E-state index in [1.807, 2.05) is 25.1 Å². The van der Waals surface area contributed by atoms with E-state index in [0.717, 1.165) is 5.56 Å². The maximum atomic E-state index is 12.2. The normalized spacial score (nSPS) is 14.5. The van der Waals surface area contributed by atoms with Gasteiger partial charge in [0.25, 0.3) is 0 Å². The van der Waals surface area contributed by atoms with Crippen LogP contribution >= 0.6 is 0 Å². The van der Waals surface area contributed by atoms with Crippen LogP contribution in [0.25, 0.3) is 5.69 Å². The van der Waals surface area contributed by atoms with E-state index in [0.29, 0.717) is 16.9 Å². The van der Waals surface area contributed by atoms with Crippen LogP contribution in [0.3, 0.4) is 0 Å². The van der Waals surface area contributed by atoms with Gasteiger partial charge in [0.1, 0.15) is 5.82 Å². The molecule has 0 saturated heterocycles. The molecule has 1 aliphatic heterocycles. The number of rotatable bonds is 4. The van der Waals surface area contributed by atoms with Crippen molar-refractivity contribution in [1.82, 2.24) is 15.1 Å². The van der Waals surface area contributed by atoms with Crippen molar-refractivity contribution in [2.45, 2.75) is 18.4 Å². The fourth-order valence-corrected chi connectivity index (χ4v) is 4.25. The van der Waals surface area contributed by atoms with E-state index in [1.54, 1.807) is 6.07 Å². The van der Waals surface area contributed by atoms with E-state index in [2.05, 4.69) is 22.3 Å². The number of hydrogen-bond acceptors (Lipinski definition) is 5. The molecule has 2 heterocycles. The van der Waals surface area contributed by atoms with Crippen LogP contribution in [0.5, 0.6) is 0 Å². The molecule has 1 aliphatic rings. The van der Waals surface area contributed by atoms with Gasteiger partial charge in [-0.3, -0.25) is 9.59 Å². The molecule has 2 aromatic rings. The number of hydrogen-bond donors (Lipinski definition) is 2. The summed E-state index contributed by atoms with van der Waals surface area (Å²) in [6, 6.07) is 7.36. The van der Waals surface area contributed by atoms with Gasteiger partial charge in [-0.25, -0.2) is 13.1 Å². The Bertz CT molecular complexity index is 1010. The third-order valence-corrected chi connectivity index (χ3v) is 5.42. The minimum absolute atomic E-state index is 0.149. The molecule has 0 saturated carbocycles.